The predicted octanol–water partition coefficient (Wildman–Crippen LogP) is 1.31. The van der Waals surface area contributed by atoms with Gasteiger partial charge in [0.25, 0.3) is 0 Å². The standard InChI is InChI=1S/C10H17N3O/c1-10(2,14)9-7-13(12-11-9)6-8-4-3-5-8/h7-8,14H,3-6H2,1-2H3. The lowest BCUT2D eigenvalue weighted by Gasteiger charge is -2.24. The van der Waals surface area contributed by atoms with Crippen molar-refractivity contribution in [3.63, 3.8) is 0 Å². The second kappa shape index (κ2) is 3.35. The summed E-state index contributed by atoms with van der Waals surface area (Å²) in [6.07, 6.45) is 5.80. The minimum Gasteiger partial charge on any atom is -0.384 e. The van der Waals surface area contributed by atoms with Crippen LogP contribution in [0.2, 0.25) is 0 Å². The number of hydrogen-bond donors (Lipinski definition) is 1. The van der Waals surface area contributed by atoms with Gasteiger partial charge in [0, 0.05) is 6.54 Å². The van der Waals surface area contributed by atoms with E-state index in [-0.39, 0.29) is 0 Å². The van der Waals surface area contributed by atoms with Gasteiger partial charge in [0.05, 0.1) is 6.20 Å². The van der Waals surface area contributed by atoms with Crippen molar-refractivity contribution in [1.29, 1.82) is 0 Å². The molecule has 0 bridgehead atoms. The average Bonchev–Trinajstić information content (AvgIpc) is 2.43. The van der Waals surface area contributed by atoms with E-state index >= 15 is 0 Å². The van der Waals surface area contributed by atoms with Gasteiger partial charge in [-0.05, 0) is 32.6 Å². The maximum atomic E-state index is 9.69. The Kier molecular flexibility index (Phi) is 2.31. The van der Waals surface area contributed by atoms with Crippen molar-refractivity contribution >= 4 is 0 Å². The van der Waals surface area contributed by atoms with Gasteiger partial charge < -0.3 is 5.11 Å². The second-order valence-electron chi connectivity index (χ2n) is 4.68. The molecule has 1 N–H and O–H groups in total. The van der Waals surface area contributed by atoms with E-state index in [9.17, 15) is 5.11 Å². The number of hydrogen-bond acceptors (Lipinski definition) is 3. The van der Waals surface area contributed by atoms with E-state index in [0.29, 0.717) is 5.69 Å². The Morgan fingerprint density at radius 3 is 2.71 bits per heavy atom. The van der Waals surface area contributed by atoms with Crippen molar-refractivity contribution in [2.75, 3.05) is 0 Å². The summed E-state index contributed by atoms with van der Waals surface area (Å²) in [5.41, 5.74) is -0.227. The molecule has 1 aliphatic rings. The minimum atomic E-state index is -0.877. The van der Waals surface area contributed by atoms with Crippen molar-refractivity contribution in [3.8, 4) is 0 Å². The fraction of sp³-hybridized carbons (Fsp3) is 0.800. The zero-order chi connectivity index (χ0) is 10.2. The molecular formula is C10H17N3O. The van der Waals surface area contributed by atoms with Crippen LogP contribution in [0.5, 0.6) is 0 Å². The largest absolute Gasteiger partial charge is 0.384 e. The molecule has 1 aliphatic carbocycles. The molecule has 1 heterocycles. The zero-order valence-electron chi connectivity index (χ0n) is 8.77. The molecule has 1 aromatic heterocycles. The third-order valence-electron chi connectivity index (χ3n) is 2.84. The van der Waals surface area contributed by atoms with Crippen molar-refractivity contribution in [3.05, 3.63) is 11.9 Å². The summed E-state index contributed by atoms with van der Waals surface area (Å²) in [6.45, 7) is 4.40. The van der Waals surface area contributed by atoms with Crippen molar-refractivity contribution in [2.45, 2.75) is 45.3 Å². The molecule has 0 aliphatic heterocycles. The third-order valence-corrected chi connectivity index (χ3v) is 2.84. The quantitative estimate of drug-likeness (QED) is 0.791. The smallest absolute Gasteiger partial charge is 0.114 e. The average molecular weight is 195 g/mol. The summed E-state index contributed by atoms with van der Waals surface area (Å²) in [7, 11) is 0. The second-order valence-corrected chi connectivity index (χ2v) is 4.68. The molecular weight excluding hydrogens is 178 g/mol. The molecule has 0 spiro atoms. The van der Waals surface area contributed by atoms with Crippen LogP contribution >= 0.6 is 0 Å². The monoisotopic (exact) mass is 195 g/mol. The van der Waals surface area contributed by atoms with E-state index in [1.807, 2.05) is 10.9 Å². The van der Waals surface area contributed by atoms with Crippen LogP contribution in [0, 0.1) is 5.92 Å². The highest BCUT2D eigenvalue weighted by atomic mass is 16.3. The maximum Gasteiger partial charge on any atom is 0.114 e. The van der Waals surface area contributed by atoms with Crippen LogP contribution in [0.25, 0.3) is 0 Å². The molecule has 0 unspecified atom stereocenters. The van der Waals surface area contributed by atoms with Gasteiger partial charge in [-0.1, -0.05) is 11.6 Å². The van der Waals surface area contributed by atoms with Crippen LogP contribution in [0.1, 0.15) is 38.8 Å². The molecule has 0 radical (unpaired) electrons. The summed E-state index contributed by atoms with van der Waals surface area (Å²) in [4.78, 5) is 0. The normalized spacial score (nSPS) is 18.2. The summed E-state index contributed by atoms with van der Waals surface area (Å²) < 4.78 is 1.84. The molecule has 14 heavy (non-hydrogen) atoms. The molecule has 2 rings (SSSR count). The van der Waals surface area contributed by atoms with Gasteiger partial charge in [-0.25, -0.2) is 0 Å². The Labute approximate surface area is 83.9 Å². The SMILES string of the molecule is CC(C)(O)c1cn(CC2CCC2)nn1. The Morgan fingerprint density at radius 2 is 2.29 bits per heavy atom. The molecule has 0 amide bonds. The van der Waals surface area contributed by atoms with Crippen molar-refractivity contribution in [2.24, 2.45) is 5.92 Å². The summed E-state index contributed by atoms with van der Waals surface area (Å²) in [5, 5.41) is 17.7. The van der Waals surface area contributed by atoms with Crippen LogP contribution in [-0.4, -0.2) is 20.1 Å². The van der Waals surface area contributed by atoms with Gasteiger partial charge in [0.2, 0.25) is 0 Å². The van der Waals surface area contributed by atoms with Gasteiger partial charge in [-0.3, -0.25) is 4.68 Å². The third kappa shape index (κ3) is 1.95. The van der Waals surface area contributed by atoms with Crippen LogP contribution in [0.15, 0.2) is 6.20 Å². The van der Waals surface area contributed by atoms with Crippen LogP contribution in [0.4, 0.5) is 0 Å². The van der Waals surface area contributed by atoms with Crippen LogP contribution < -0.4 is 0 Å². The Bertz CT molecular complexity index is 309. The number of aromatic nitrogens is 3. The molecule has 0 saturated heterocycles. The van der Waals surface area contributed by atoms with E-state index in [1.54, 1.807) is 13.8 Å². The molecule has 1 aromatic rings. The summed E-state index contributed by atoms with van der Waals surface area (Å²) >= 11 is 0. The number of aliphatic hydroxyl groups is 1. The first-order valence-electron chi connectivity index (χ1n) is 5.19. The van der Waals surface area contributed by atoms with E-state index in [0.717, 1.165) is 12.5 Å². The maximum absolute atomic E-state index is 9.69. The Balaban J connectivity index is 2.02. The molecule has 4 nitrogen and oxygen atoms in total. The molecule has 0 atom stereocenters. The van der Waals surface area contributed by atoms with Gasteiger partial charge >= 0.3 is 0 Å². The first kappa shape index (κ1) is 9.65. The fourth-order valence-electron chi connectivity index (χ4n) is 1.61. The highest BCUT2D eigenvalue weighted by Crippen LogP contribution is 2.27. The molecule has 1 fully saturated rings. The summed E-state index contributed by atoms with van der Waals surface area (Å²) in [6, 6.07) is 0. The lowest BCUT2D eigenvalue weighted by Crippen LogP contribution is -2.18. The van der Waals surface area contributed by atoms with Gasteiger partial charge in [-0.2, -0.15) is 0 Å². The van der Waals surface area contributed by atoms with Crippen LogP contribution in [0.3, 0.4) is 0 Å². The van der Waals surface area contributed by atoms with Crippen molar-refractivity contribution < 1.29 is 5.11 Å². The number of nitrogens with zero attached hydrogens (tertiary/aromatic N) is 3. The highest BCUT2D eigenvalue weighted by Gasteiger charge is 2.22. The Morgan fingerprint density at radius 1 is 1.57 bits per heavy atom. The number of rotatable bonds is 3. The fourth-order valence-corrected chi connectivity index (χ4v) is 1.61. The van der Waals surface area contributed by atoms with Gasteiger partial charge in [0.15, 0.2) is 0 Å². The Hall–Kier alpha value is -0.900. The van der Waals surface area contributed by atoms with Gasteiger partial charge in [-0.15, -0.1) is 5.10 Å². The van der Waals surface area contributed by atoms with Gasteiger partial charge in [0.1, 0.15) is 11.3 Å². The van der Waals surface area contributed by atoms with E-state index in [1.165, 1.54) is 19.3 Å². The van der Waals surface area contributed by atoms with E-state index < -0.39 is 5.60 Å². The molecule has 4 heteroatoms. The lowest BCUT2D eigenvalue weighted by atomic mass is 9.85. The molecule has 78 valence electrons. The minimum absolute atomic E-state index is 0.650. The predicted molar refractivity (Wildman–Crippen MR) is 52.6 cm³/mol. The highest BCUT2D eigenvalue weighted by molar-refractivity contribution is 5.02. The lowest BCUT2D eigenvalue weighted by molar-refractivity contribution is 0.0737. The van der Waals surface area contributed by atoms with Crippen molar-refractivity contribution in [1.82, 2.24) is 15.0 Å². The van der Waals surface area contributed by atoms with E-state index in [2.05, 4.69) is 10.3 Å². The molecule has 1 saturated carbocycles. The first-order valence-corrected chi connectivity index (χ1v) is 5.19. The molecule has 0 aromatic carbocycles. The van der Waals surface area contributed by atoms with Crippen LogP contribution in [-0.2, 0) is 12.1 Å². The zero-order valence-corrected chi connectivity index (χ0v) is 8.77. The topological polar surface area (TPSA) is 50.9 Å². The first-order chi connectivity index (χ1) is 6.55. The van der Waals surface area contributed by atoms with E-state index in [4.69, 9.17) is 0 Å². The summed E-state index contributed by atoms with van der Waals surface area (Å²) in [5.74, 6) is 0.770.